The lowest BCUT2D eigenvalue weighted by atomic mass is 9.83. The van der Waals surface area contributed by atoms with E-state index >= 15 is 0 Å². The van der Waals surface area contributed by atoms with E-state index in [9.17, 15) is 4.79 Å². The van der Waals surface area contributed by atoms with Gasteiger partial charge >= 0.3 is 0 Å². The molecule has 1 atom stereocenters. The van der Waals surface area contributed by atoms with E-state index in [-0.39, 0.29) is 11.6 Å². The molecule has 0 saturated heterocycles. The molecule has 1 unspecified atom stereocenters. The fourth-order valence-electron chi connectivity index (χ4n) is 5.51. The van der Waals surface area contributed by atoms with Crippen LogP contribution < -0.4 is 33.8 Å². The summed E-state index contributed by atoms with van der Waals surface area (Å²) in [5.74, 6) is 2.44. The number of nitrogens with zero attached hydrogens (tertiary/aromatic N) is 2. The maximum absolute atomic E-state index is 14.1. The molecule has 1 aromatic heterocycles. The lowest BCUT2D eigenvalue weighted by Crippen LogP contribution is -2.38. The molecule has 39 heavy (non-hydrogen) atoms. The van der Waals surface area contributed by atoms with E-state index in [1.54, 1.807) is 28.4 Å². The van der Waals surface area contributed by atoms with Gasteiger partial charge in [-0.25, -0.2) is 4.99 Å². The van der Waals surface area contributed by atoms with Crippen molar-refractivity contribution in [3.05, 3.63) is 108 Å². The first-order chi connectivity index (χ1) is 19.1. The Kier molecular flexibility index (Phi) is 6.48. The topological polar surface area (TPSA) is 71.3 Å². The van der Waals surface area contributed by atoms with Crippen molar-refractivity contribution in [3.63, 3.8) is 0 Å². The predicted molar refractivity (Wildman–Crippen MR) is 152 cm³/mol. The molecule has 0 N–H and O–H groups in total. The second kappa shape index (κ2) is 10.1. The molecular weight excluding hydrogens is 512 g/mol. The summed E-state index contributed by atoms with van der Waals surface area (Å²) < 4.78 is 24.6. The van der Waals surface area contributed by atoms with Crippen molar-refractivity contribution in [1.82, 2.24) is 4.57 Å². The molecule has 3 aromatic carbocycles. The zero-order valence-corrected chi connectivity index (χ0v) is 23.0. The number of aryl methyl sites for hydroxylation is 1. The average molecular weight is 541 g/mol. The summed E-state index contributed by atoms with van der Waals surface area (Å²) in [6.07, 6.45) is 3.55. The highest BCUT2D eigenvalue weighted by atomic mass is 32.1. The first-order valence-electron chi connectivity index (χ1n) is 12.6. The van der Waals surface area contributed by atoms with Gasteiger partial charge in [0, 0.05) is 11.1 Å². The number of ether oxygens (including phenoxy) is 4. The van der Waals surface area contributed by atoms with Crippen LogP contribution in [0.4, 0.5) is 0 Å². The quantitative estimate of drug-likeness (QED) is 0.364. The zero-order chi connectivity index (χ0) is 27.1. The molecule has 4 aromatic rings. The van der Waals surface area contributed by atoms with Gasteiger partial charge in [-0.15, -0.1) is 0 Å². The average Bonchev–Trinajstić information content (AvgIpc) is 3.29. The number of fused-ring (bicyclic) bond motifs is 3. The van der Waals surface area contributed by atoms with Crippen LogP contribution in [0.25, 0.3) is 11.8 Å². The summed E-state index contributed by atoms with van der Waals surface area (Å²) in [6.45, 7) is 0. The second-order valence-corrected chi connectivity index (χ2v) is 10.3. The first-order valence-corrected chi connectivity index (χ1v) is 13.5. The normalized spacial score (nSPS) is 16.1. The van der Waals surface area contributed by atoms with Crippen molar-refractivity contribution in [2.24, 2.45) is 4.99 Å². The smallest absolute Gasteiger partial charge is 0.271 e. The molecule has 2 aliphatic rings. The number of hydrogen-bond donors (Lipinski definition) is 0. The van der Waals surface area contributed by atoms with Crippen LogP contribution in [-0.2, 0) is 6.42 Å². The molecule has 0 bridgehead atoms. The van der Waals surface area contributed by atoms with Crippen LogP contribution in [0.1, 0.15) is 34.7 Å². The van der Waals surface area contributed by atoms with Crippen molar-refractivity contribution in [2.75, 3.05) is 28.4 Å². The van der Waals surface area contributed by atoms with E-state index in [4.69, 9.17) is 23.9 Å². The molecule has 0 fully saturated rings. The van der Waals surface area contributed by atoms with Crippen LogP contribution >= 0.6 is 11.3 Å². The summed E-state index contributed by atoms with van der Waals surface area (Å²) in [6, 6.07) is 19.5. The first kappa shape index (κ1) is 25.0. The number of thiazole rings is 1. The number of benzene rings is 3. The summed E-state index contributed by atoms with van der Waals surface area (Å²) in [5.41, 5.74) is 6.07. The summed E-state index contributed by atoms with van der Waals surface area (Å²) in [5, 5.41) is 0. The number of hydrogen-bond acceptors (Lipinski definition) is 7. The van der Waals surface area contributed by atoms with Gasteiger partial charge in [0.05, 0.1) is 44.7 Å². The third-order valence-electron chi connectivity index (χ3n) is 7.32. The zero-order valence-electron chi connectivity index (χ0n) is 22.2. The van der Waals surface area contributed by atoms with Crippen LogP contribution in [-0.4, -0.2) is 33.0 Å². The van der Waals surface area contributed by atoms with Gasteiger partial charge < -0.3 is 18.9 Å². The SMILES string of the molecule is COc1ccc(C2C3=C(N=c4sc(=Cc5cccc(OC)c5OC)c(=O)n42)c2ccccc2CC3)cc1OC. The number of allylic oxidation sites excluding steroid dienone is 1. The monoisotopic (exact) mass is 540 g/mol. The summed E-state index contributed by atoms with van der Waals surface area (Å²) in [7, 11) is 6.43. The van der Waals surface area contributed by atoms with E-state index in [2.05, 4.69) is 18.2 Å². The standard InChI is InChI=1S/C31H28N2O5S/c1-35-23-15-13-19(16-25(23)37-3)28-22-14-12-18-8-5-6-10-21(18)27(22)32-31-33(28)30(34)26(39-31)17-20-9-7-11-24(36-2)29(20)38-4/h5-11,13,15-17,28H,12,14H2,1-4H3. The van der Waals surface area contributed by atoms with E-state index in [1.807, 2.05) is 53.1 Å². The minimum Gasteiger partial charge on any atom is -0.493 e. The van der Waals surface area contributed by atoms with Crippen LogP contribution in [0, 0.1) is 0 Å². The maximum atomic E-state index is 14.1. The van der Waals surface area contributed by atoms with Crippen LogP contribution in [0.5, 0.6) is 23.0 Å². The number of aromatic nitrogens is 1. The maximum Gasteiger partial charge on any atom is 0.271 e. The fourth-order valence-corrected chi connectivity index (χ4v) is 6.50. The molecule has 2 heterocycles. The van der Waals surface area contributed by atoms with Gasteiger partial charge in [-0.2, -0.15) is 0 Å². The summed E-state index contributed by atoms with van der Waals surface area (Å²) in [4.78, 5) is 19.8. The predicted octanol–water partition coefficient (Wildman–Crippen LogP) is 4.35. The Morgan fingerprint density at radius 1 is 0.872 bits per heavy atom. The Balaban J connectivity index is 1.62. The largest absolute Gasteiger partial charge is 0.493 e. The minimum atomic E-state index is -0.321. The molecule has 1 aliphatic heterocycles. The fraction of sp³-hybridized carbons (Fsp3) is 0.226. The Bertz CT molecular complexity index is 1800. The molecule has 7 nitrogen and oxygen atoms in total. The Morgan fingerprint density at radius 2 is 1.67 bits per heavy atom. The van der Waals surface area contributed by atoms with Crippen molar-refractivity contribution in [2.45, 2.75) is 18.9 Å². The van der Waals surface area contributed by atoms with E-state index < -0.39 is 0 Å². The van der Waals surface area contributed by atoms with Crippen LogP contribution in [0.3, 0.4) is 0 Å². The van der Waals surface area contributed by atoms with Gasteiger partial charge in [0.25, 0.3) is 5.56 Å². The van der Waals surface area contributed by atoms with Gasteiger partial charge in [-0.05, 0) is 53.8 Å². The van der Waals surface area contributed by atoms with Crippen molar-refractivity contribution >= 4 is 23.1 Å². The van der Waals surface area contributed by atoms with Crippen molar-refractivity contribution in [1.29, 1.82) is 0 Å². The van der Waals surface area contributed by atoms with Gasteiger partial charge in [0.15, 0.2) is 27.8 Å². The third kappa shape index (κ3) is 4.12. The summed E-state index contributed by atoms with van der Waals surface area (Å²) >= 11 is 1.38. The van der Waals surface area contributed by atoms with E-state index in [0.29, 0.717) is 32.3 Å². The Hall–Kier alpha value is -4.30. The highest BCUT2D eigenvalue weighted by molar-refractivity contribution is 7.07. The van der Waals surface area contributed by atoms with Crippen LogP contribution in [0.2, 0.25) is 0 Å². The number of methoxy groups -OCH3 is 4. The van der Waals surface area contributed by atoms with Crippen molar-refractivity contribution in [3.8, 4) is 23.0 Å². The number of rotatable bonds is 6. The number of para-hydroxylation sites is 1. The lowest BCUT2D eigenvalue weighted by molar-refractivity contribution is 0.354. The molecule has 198 valence electrons. The molecule has 6 rings (SSSR count). The Labute approximate surface area is 229 Å². The van der Waals surface area contributed by atoms with E-state index in [0.717, 1.165) is 40.8 Å². The highest BCUT2D eigenvalue weighted by Crippen LogP contribution is 2.42. The molecule has 0 radical (unpaired) electrons. The van der Waals surface area contributed by atoms with Gasteiger partial charge in [0.1, 0.15) is 0 Å². The molecule has 0 spiro atoms. The van der Waals surface area contributed by atoms with Gasteiger partial charge in [-0.1, -0.05) is 53.8 Å². The molecule has 0 amide bonds. The molecule has 0 saturated carbocycles. The lowest BCUT2D eigenvalue weighted by Gasteiger charge is -2.31. The third-order valence-corrected chi connectivity index (χ3v) is 8.30. The van der Waals surface area contributed by atoms with Crippen molar-refractivity contribution < 1.29 is 18.9 Å². The minimum absolute atomic E-state index is 0.103. The van der Waals surface area contributed by atoms with Gasteiger partial charge in [-0.3, -0.25) is 9.36 Å². The second-order valence-electron chi connectivity index (χ2n) is 9.31. The van der Waals surface area contributed by atoms with Gasteiger partial charge in [0.2, 0.25) is 0 Å². The van der Waals surface area contributed by atoms with E-state index in [1.165, 1.54) is 16.9 Å². The van der Waals surface area contributed by atoms with Crippen LogP contribution in [0.15, 0.2) is 76.0 Å². The molecule has 8 heteroatoms. The Morgan fingerprint density at radius 3 is 2.44 bits per heavy atom. The molecule has 1 aliphatic carbocycles. The molecular formula is C31H28N2O5S. The highest BCUT2D eigenvalue weighted by Gasteiger charge is 2.33.